The van der Waals surface area contributed by atoms with Gasteiger partial charge < -0.3 is 10.3 Å². The average Bonchev–Trinajstić information content (AvgIpc) is 3.12. The van der Waals surface area contributed by atoms with Gasteiger partial charge in [0.15, 0.2) is 0 Å². The third-order valence-corrected chi connectivity index (χ3v) is 4.34. The quantitative estimate of drug-likeness (QED) is 0.859. The van der Waals surface area contributed by atoms with Crippen molar-refractivity contribution in [3.05, 3.63) is 24.0 Å². The lowest BCUT2D eigenvalue weighted by atomic mass is 9.95. The number of rotatable bonds is 3. The van der Waals surface area contributed by atoms with E-state index in [0.717, 1.165) is 29.6 Å². The number of nitrogen functional groups attached to an aromatic ring is 1. The van der Waals surface area contributed by atoms with Gasteiger partial charge in [-0.2, -0.15) is 0 Å². The van der Waals surface area contributed by atoms with Gasteiger partial charge in [-0.1, -0.05) is 27.7 Å². The zero-order valence-corrected chi connectivity index (χ0v) is 13.0. The molecule has 1 heterocycles. The van der Waals surface area contributed by atoms with Gasteiger partial charge in [0.2, 0.25) is 0 Å². The molecule has 1 aromatic heterocycles. The van der Waals surface area contributed by atoms with E-state index in [4.69, 9.17) is 10.7 Å². The van der Waals surface area contributed by atoms with Crippen LogP contribution in [0.3, 0.4) is 0 Å². The number of benzene rings is 1. The molecule has 1 unspecified atom stereocenters. The van der Waals surface area contributed by atoms with Gasteiger partial charge in [-0.25, -0.2) is 4.98 Å². The topological polar surface area (TPSA) is 43.8 Å². The predicted molar refractivity (Wildman–Crippen MR) is 84.7 cm³/mol. The molecule has 0 spiro atoms. The SMILES string of the molecule is CC(Cn1c(C(C)(C)C)nc2cc(N)ccc21)C1CC1. The van der Waals surface area contributed by atoms with Crippen molar-refractivity contribution < 1.29 is 0 Å². The minimum absolute atomic E-state index is 0.0526. The van der Waals surface area contributed by atoms with Gasteiger partial charge in [-0.3, -0.25) is 0 Å². The molecule has 0 amide bonds. The molecule has 20 heavy (non-hydrogen) atoms. The maximum Gasteiger partial charge on any atom is 0.115 e. The Balaban J connectivity index is 2.09. The van der Waals surface area contributed by atoms with Crippen LogP contribution in [0.15, 0.2) is 18.2 Å². The molecule has 1 saturated carbocycles. The van der Waals surface area contributed by atoms with E-state index in [2.05, 4.69) is 38.3 Å². The second-order valence-corrected chi connectivity index (χ2v) is 7.36. The van der Waals surface area contributed by atoms with E-state index in [9.17, 15) is 0 Å². The average molecular weight is 271 g/mol. The van der Waals surface area contributed by atoms with Crippen LogP contribution >= 0.6 is 0 Å². The molecular weight excluding hydrogens is 246 g/mol. The van der Waals surface area contributed by atoms with Crippen molar-refractivity contribution in [1.82, 2.24) is 9.55 Å². The second kappa shape index (κ2) is 4.51. The molecule has 1 fully saturated rings. The van der Waals surface area contributed by atoms with Crippen molar-refractivity contribution in [3.63, 3.8) is 0 Å². The fourth-order valence-electron chi connectivity index (χ4n) is 3.01. The van der Waals surface area contributed by atoms with Gasteiger partial charge in [-0.15, -0.1) is 0 Å². The van der Waals surface area contributed by atoms with E-state index in [-0.39, 0.29) is 5.41 Å². The van der Waals surface area contributed by atoms with Crippen LogP contribution in [0.25, 0.3) is 11.0 Å². The van der Waals surface area contributed by atoms with Crippen molar-refractivity contribution in [3.8, 4) is 0 Å². The number of hydrogen-bond donors (Lipinski definition) is 1. The van der Waals surface area contributed by atoms with Crippen LogP contribution < -0.4 is 5.73 Å². The number of anilines is 1. The summed E-state index contributed by atoms with van der Waals surface area (Å²) >= 11 is 0. The highest BCUT2D eigenvalue weighted by molar-refractivity contribution is 5.79. The van der Waals surface area contributed by atoms with E-state index in [1.165, 1.54) is 24.2 Å². The summed E-state index contributed by atoms with van der Waals surface area (Å²) in [6, 6.07) is 6.09. The fraction of sp³-hybridized carbons (Fsp3) is 0.588. The Morgan fingerprint density at radius 1 is 1.35 bits per heavy atom. The molecule has 0 saturated heterocycles. The van der Waals surface area contributed by atoms with Crippen molar-refractivity contribution in [2.24, 2.45) is 11.8 Å². The first-order valence-electron chi connectivity index (χ1n) is 7.62. The third-order valence-electron chi connectivity index (χ3n) is 4.34. The molecule has 0 radical (unpaired) electrons. The lowest BCUT2D eigenvalue weighted by Crippen LogP contribution is -2.21. The molecule has 2 aromatic rings. The molecule has 2 N–H and O–H groups in total. The highest BCUT2D eigenvalue weighted by Gasteiger charge is 2.30. The molecule has 1 aliphatic carbocycles. The smallest absolute Gasteiger partial charge is 0.115 e. The number of fused-ring (bicyclic) bond motifs is 1. The summed E-state index contributed by atoms with van der Waals surface area (Å²) in [4.78, 5) is 4.86. The standard InChI is InChI=1S/C17H25N3/c1-11(12-5-6-12)10-20-15-8-7-13(18)9-14(15)19-16(20)17(2,3)4/h7-9,11-12H,5-6,10,18H2,1-4H3. The summed E-state index contributed by atoms with van der Waals surface area (Å²) in [7, 11) is 0. The zero-order chi connectivity index (χ0) is 14.5. The van der Waals surface area contributed by atoms with Crippen LogP contribution in [0.1, 0.15) is 46.4 Å². The summed E-state index contributed by atoms with van der Waals surface area (Å²) in [5.41, 5.74) is 8.99. The number of nitrogens with two attached hydrogens (primary N) is 1. The van der Waals surface area contributed by atoms with Crippen molar-refractivity contribution in [1.29, 1.82) is 0 Å². The maximum absolute atomic E-state index is 5.90. The van der Waals surface area contributed by atoms with Crippen LogP contribution in [-0.4, -0.2) is 9.55 Å². The third kappa shape index (κ3) is 2.41. The number of nitrogens with zero attached hydrogens (tertiary/aromatic N) is 2. The lowest BCUT2D eigenvalue weighted by Gasteiger charge is -2.22. The fourth-order valence-corrected chi connectivity index (χ4v) is 3.01. The molecule has 3 nitrogen and oxygen atoms in total. The van der Waals surface area contributed by atoms with E-state index in [1.54, 1.807) is 0 Å². The first-order valence-corrected chi connectivity index (χ1v) is 7.62. The first kappa shape index (κ1) is 13.5. The minimum Gasteiger partial charge on any atom is -0.399 e. The van der Waals surface area contributed by atoms with Crippen LogP contribution in [0, 0.1) is 11.8 Å². The molecule has 3 heteroatoms. The Labute approximate surface area is 121 Å². The first-order chi connectivity index (χ1) is 9.36. The van der Waals surface area contributed by atoms with Crippen molar-refractivity contribution >= 4 is 16.7 Å². The normalized spacial score (nSPS) is 17.6. The molecule has 3 rings (SSSR count). The summed E-state index contributed by atoms with van der Waals surface area (Å²) in [6.45, 7) is 10.1. The predicted octanol–water partition coefficient (Wildman–Crippen LogP) is 3.96. The summed E-state index contributed by atoms with van der Waals surface area (Å²) in [5, 5.41) is 0. The number of hydrogen-bond acceptors (Lipinski definition) is 2. The Morgan fingerprint density at radius 2 is 2.05 bits per heavy atom. The van der Waals surface area contributed by atoms with Crippen molar-refractivity contribution in [2.45, 2.75) is 52.5 Å². The van der Waals surface area contributed by atoms with Crippen LogP contribution in [-0.2, 0) is 12.0 Å². The molecule has 108 valence electrons. The van der Waals surface area contributed by atoms with Crippen molar-refractivity contribution in [2.75, 3.05) is 5.73 Å². The monoisotopic (exact) mass is 271 g/mol. The van der Waals surface area contributed by atoms with Gasteiger partial charge in [0.25, 0.3) is 0 Å². The Bertz CT molecular complexity index is 629. The molecule has 0 aliphatic heterocycles. The Hall–Kier alpha value is -1.51. The van der Waals surface area contributed by atoms with Gasteiger partial charge in [-0.05, 0) is 42.9 Å². The molecule has 1 aromatic carbocycles. The summed E-state index contributed by atoms with van der Waals surface area (Å²) in [5.74, 6) is 2.81. The largest absolute Gasteiger partial charge is 0.399 e. The Kier molecular flexibility index (Phi) is 3.03. The van der Waals surface area contributed by atoms with Crippen LogP contribution in [0.4, 0.5) is 5.69 Å². The Morgan fingerprint density at radius 3 is 2.65 bits per heavy atom. The number of imidazole rings is 1. The van der Waals surface area contributed by atoms with Gasteiger partial charge in [0.1, 0.15) is 5.82 Å². The summed E-state index contributed by atoms with van der Waals surface area (Å²) < 4.78 is 2.41. The zero-order valence-electron chi connectivity index (χ0n) is 13.0. The van der Waals surface area contributed by atoms with Gasteiger partial charge in [0.05, 0.1) is 11.0 Å². The molecule has 1 aliphatic rings. The second-order valence-electron chi connectivity index (χ2n) is 7.36. The van der Waals surface area contributed by atoms with Crippen LogP contribution in [0.2, 0.25) is 0 Å². The van der Waals surface area contributed by atoms with E-state index in [0.29, 0.717) is 0 Å². The van der Waals surface area contributed by atoms with Gasteiger partial charge >= 0.3 is 0 Å². The van der Waals surface area contributed by atoms with E-state index >= 15 is 0 Å². The van der Waals surface area contributed by atoms with Gasteiger partial charge in [0, 0.05) is 17.6 Å². The highest BCUT2D eigenvalue weighted by Crippen LogP contribution is 2.38. The van der Waals surface area contributed by atoms with E-state index in [1.807, 2.05) is 12.1 Å². The molecule has 1 atom stereocenters. The molecular formula is C17H25N3. The van der Waals surface area contributed by atoms with E-state index < -0.39 is 0 Å². The van der Waals surface area contributed by atoms with Crippen LogP contribution in [0.5, 0.6) is 0 Å². The minimum atomic E-state index is 0.0526. The number of aromatic nitrogens is 2. The molecule has 0 bridgehead atoms. The highest BCUT2D eigenvalue weighted by atomic mass is 15.1. The maximum atomic E-state index is 5.90. The summed E-state index contributed by atoms with van der Waals surface area (Å²) in [6.07, 6.45) is 2.79. The lowest BCUT2D eigenvalue weighted by molar-refractivity contribution is 0.405.